The van der Waals surface area contributed by atoms with Crippen LogP contribution >= 0.6 is 0 Å². The van der Waals surface area contributed by atoms with Crippen molar-refractivity contribution < 1.29 is 0 Å². The highest BCUT2D eigenvalue weighted by Gasteiger charge is 2.51. The number of rotatable bonds is 8. The second-order valence-corrected chi connectivity index (χ2v) is 16.5. The quantitative estimate of drug-likeness (QED) is 0.149. The molecular formula is C48H36N2Si. The van der Waals surface area contributed by atoms with Crippen LogP contribution in [-0.2, 0) is 0 Å². The van der Waals surface area contributed by atoms with Gasteiger partial charge >= 0.3 is 0 Å². The normalized spacial score (nSPS) is 12.5. The highest BCUT2D eigenvalue weighted by molar-refractivity contribution is 7.23. The first-order valence-electron chi connectivity index (χ1n) is 17.5. The molecule has 0 bridgehead atoms. The van der Waals surface area contributed by atoms with Gasteiger partial charge in [-0.15, -0.1) is 0 Å². The van der Waals surface area contributed by atoms with Gasteiger partial charge in [0.15, 0.2) is 8.07 Å². The third-order valence-corrected chi connectivity index (χ3v) is 15.1. The molecule has 3 heteroatoms. The molecule has 9 rings (SSSR count). The molecule has 2 nitrogen and oxygen atoms in total. The van der Waals surface area contributed by atoms with Crippen molar-refractivity contribution in [3.8, 4) is 11.1 Å². The van der Waals surface area contributed by atoms with Crippen LogP contribution in [0.15, 0.2) is 218 Å². The second-order valence-electron chi connectivity index (χ2n) is 12.9. The molecule has 0 saturated carbocycles. The molecule has 51 heavy (non-hydrogen) atoms. The van der Waals surface area contributed by atoms with E-state index in [9.17, 15) is 0 Å². The highest BCUT2D eigenvalue weighted by Crippen LogP contribution is 2.39. The largest absolute Gasteiger partial charge is 0.311 e. The smallest absolute Gasteiger partial charge is 0.185 e. The predicted octanol–water partition coefficient (Wildman–Crippen LogP) is 9.98. The fourth-order valence-corrected chi connectivity index (χ4v) is 13.6. The molecule has 0 unspecified atom stereocenters. The lowest BCUT2D eigenvalue weighted by molar-refractivity contribution is 1.29. The molecule has 0 fully saturated rings. The van der Waals surface area contributed by atoms with Gasteiger partial charge in [0.05, 0.1) is 0 Å². The van der Waals surface area contributed by atoms with Gasteiger partial charge in [0, 0.05) is 34.1 Å². The third kappa shape index (κ3) is 5.10. The summed E-state index contributed by atoms with van der Waals surface area (Å²) in [6.45, 7) is 0. The lowest BCUT2D eigenvalue weighted by atomic mass is 10.1. The molecule has 0 aliphatic carbocycles. The maximum atomic E-state index is 2.45. The van der Waals surface area contributed by atoms with E-state index in [1.54, 1.807) is 0 Å². The van der Waals surface area contributed by atoms with Crippen LogP contribution in [0.25, 0.3) is 11.1 Å². The predicted molar refractivity (Wildman–Crippen MR) is 218 cm³/mol. The van der Waals surface area contributed by atoms with E-state index in [-0.39, 0.29) is 0 Å². The summed E-state index contributed by atoms with van der Waals surface area (Å²) in [7, 11) is -3.06. The van der Waals surface area contributed by atoms with E-state index in [1.807, 2.05) is 0 Å². The number of hydrogen-bond acceptors (Lipinski definition) is 2. The Bertz CT molecular complexity index is 2180. The molecule has 8 aromatic carbocycles. The zero-order chi connectivity index (χ0) is 34.0. The maximum absolute atomic E-state index is 3.06. The summed E-state index contributed by atoms with van der Waals surface area (Å²) in [5, 5.41) is 5.52. The van der Waals surface area contributed by atoms with Crippen LogP contribution in [0, 0.1) is 0 Å². The molecule has 1 heterocycles. The summed E-state index contributed by atoms with van der Waals surface area (Å²) >= 11 is 0. The molecule has 1 aliphatic heterocycles. The van der Waals surface area contributed by atoms with Crippen LogP contribution in [-0.4, -0.2) is 8.07 Å². The van der Waals surface area contributed by atoms with Gasteiger partial charge in [0.25, 0.3) is 0 Å². The first kappa shape index (κ1) is 30.6. The number of fused-ring (bicyclic) bond motifs is 3. The van der Waals surface area contributed by atoms with Crippen LogP contribution in [0.1, 0.15) is 0 Å². The maximum Gasteiger partial charge on any atom is 0.185 e. The van der Waals surface area contributed by atoms with Gasteiger partial charge in [-0.2, -0.15) is 0 Å². The molecule has 0 aromatic heterocycles. The summed E-state index contributed by atoms with van der Waals surface area (Å²) in [5.74, 6) is 0. The first-order valence-corrected chi connectivity index (χ1v) is 19.5. The molecule has 242 valence electrons. The van der Waals surface area contributed by atoms with E-state index < -0.39 is 8.07 Å². The molecule has 0 atom stereocenters. The van der Waals surface area contributed by atoms with Gasteiger partial charge in [0.1, 0.15) is 0 Å². The Kier molecular flexibility index (Phi) is 7.88. The molecule has 0 saturated heterocycles. The van der Waals surface area contributed by atoms with Crippen LogP contribution in [0.5, 0.6) is 0 Å². The van der Waals surface area contributed by atoms with Crippen molar-refractivity contribution in [2.24, 2.45) is 0 Å². The number of anilines is 6. The van der Waals surface area contributed by atoms with E-state index in [0.717, 1.165) is 22.7 Å². The monoisotopic (exact) mass is 668 g/mol. The van der Waals surface area contributed by atoms with Crippen molar-refractivity contribution in [2.75, 3.05) is 9.80 Å². The van der Waals surface area contributed by atoms with Gasteiger partial charge in [-0.05, 0) is 92.5 Å². The van der Waals surface area contributed by atoms with Gasteiger partial charge in [0.2, 0.25) is 0 Å². The van der Waals surface area contributed by atoms with Crippen LogP contribution in [0.3, 0.4) is 0 Å². The number of benzene rings is 8. The van der Waals surface area contributed by atoms with Crippen LogP contribution in [0.2, 0.25) is 0 Å². The first-order chi connectivity index (χ1) is 25.4. The minimum Gasteiger partial charge on any atom is -0.311 e. The zero-order valence-corrected chi connectivity index (χ0v) is 29.2. The van der Waals surface area contributed by atoms with Gasteiger partial charge < -0.3 is 9.80 Å². The molecule has 0 radical (unpaired) electrons. The van der Waals surface area contributed by atoms with Crippen molar-refractivity contribution >= 4 is 62.9 Å². The van der Waals surface area contributed by atoms with Crippen molar-refractivity contribution in [3.63, 3.8) is 0 Å². The molecule has 1 aliphatic rings. The fourth-order valence-electron chi connectivity index (χ4n) is 8.09. The second kappa shape index (κ2) is 13.1. The van der Waals surface area contributed by atoms with E-state index in [0.29, 0.717) is 0 Å². The SMILES string of the molecule is c1ccc(N(c2ccccc2)c2ccccc2[Si]2(c3ccccc3N(c3ccccc3)c3ccccc3)c3ccccc3-c3ccccc32)cc1. The zero-order valence-electron chi connectivity index (χ0n) is 28.2. The Balaban J connectivity index is 1.42. The van der Waals surface area contributed by atoms with E-state index in [1.165, 1.54) is 43.2 Å². The van der Waals surface area contributed by atoms with Crippen molar-refractivity contribution in [1.29, 1.82) is 0 Å². The van der Waals surface area contributed by atoms with Crippen LogP contribution < -0.4 is 30.5 Å². The summed E-state index contributed by atoms with van der Waals surface area (Å²) < 4.78 is 0. The molecule has 0 amide bonds. The van der Waals surface area contributed by atoms with E-state index >= 15 is 0 Å². The van der Waals surface area contributed by atoms with Gasteiger partial charge in [-0.25, -0.2) is 0 Å². The molecule has 0 N–H and O–H groups in total. The summed E-state index contributed by atoms with van der Waals surface area (Å²) in [6, 6.07) is 79.8. The van der Waals surface area contributed by atoms with Gasteiger partial charge in [-0.1, -0.05) is 158 Å². The molecule has 8 aromatic rings. The molecule has 0 spiro atoms. The molecular weight excluding hydrogens is 633 g/mol. The van der Waals surface area contributed by atoms with Crippen LogP contribution in [0.4, 0.5) is 34.1 Å². The summed E-state index contributed by atoms with van der Waals surface area (Å²) in [6.07, 6.45) is 0. The average molecular weight is 669 g/mol. The Morgan fingerprint density at radius 1 is 0.235 bits per heavy atom. The highest BCUT2D eigenvalue weighted by atomic mass is 28.3. The minimum atomic E-state index is -3.06. The topological polar surface area (TPSA) is 6.48 Å². The Labute approximate surface area is 301 Å². The fraction of sp³-hybridized carbons (Fsp3) is 0. The standard InChI is InChI=1S/C48H36N2Si/c1-5-21-37(22-6-1)49(38-23-7-2-8-24-38)43-31-15-19-35-47(43)51(45-33-17-13-29-41(45)42-30-14-18-34-46(42)51)48-36-20-16-32-44(48)50(39-25-9-3-10-26-39)40-27-11-4-12-28-40/h1-36H. The Hall–Kier alpha value is -6.42. The Morgan fingerprint density at radius 3 is 0.824 bits per heavy atom. The number of nitrogens with zero attached hydrogens (tertiary/aromatic N) is 2. The number of para-hydroxylation sites is 6. The third-order valence-electron chi connectivity index (χ3n) is 10.1. The average Bonchev–Trinajstić information content (AvgIpc) is 3.51. The summed E-state index contributed by atoms with van der Waals surface area (Å²) in [4.78, 5) is 4.89. The number of hydrogen-bond donors (Lipinski definition) is 0. The van der Waals surface area contributed by atoms with Crippen molar-refractivity contribution in [1.82, 2.24) is 0 Å². The van der Waals surface area contributed by atoms with Crippen molar-refractivity contribution in [2.45, 2.75) is 0 Å². The minimum absolute atomic E-state index is 1.13. The lowest BCUT2D eigenvalue weighted by Gasteiger charge is -2.39. The van der Waals surface area contributed by atoms with Gasteiger partial charge in [-0.3, -0.25) is 0 Å². The lowest BCUT2D eigenvalue weighted by Crippen LogP contribution is -2.73. The summed E-state index contributed by atoms with van der Waals surface area (Å²) in [5.41, 5.74) is 9.53. The van der Waals surface area contributed by atoms with Crippen molar-refractivity contribution in [3.05, 3.63) is 218 Å². The Morgan fingerprint density at radius 2 is 0.490 bits per heavy atom. The van der Waals surface area contributed by atoms with E-state index in [2.05, 4.69) is 228 Å². The van der Waals surface area contributed by atoms with E-state index in [4.69, 9.17) is 0 Å².